The Bertz CT molecular complexity index is 813. The summed E-state index contributed by atoms with van der Waals surface area (Å²) < 4.78 is 2.78. The highest BCUT2D eigenvalue weighted by Gasteiger charge is 2.11. The van der Waals surface area contributed by atoms with Crippen LogP contribution in [0.3, 0.4) is 0 Å². The summed E-state index contributed by atoms with van der Waals surface area (Å²) in [6.07, 6.45) is 1.80. The van der Waals surface area contributed by atoms with Crippen LogP contribution in [0.15, 0.2) is 34.9 Å². The summed E-state index contributed by atoms with van der Waals surface area (Å²) in [5.41, 5.74) is 3.73. The summed E-state index contributed by atoms with van der Waals surface area (Å²) in [6.45, 7) is 2.51. The lowest BCUT2D eigenvalue weighted by Gasteiger charge is -2.10. The number of benzene rings is 1. The summed E-state index contributed by atoms with van der Waals surface area (Å²) in [7, 11) is 1.90. The third-order valence-electron chi connectivity index (χ3n) is 3.39. The largest absolute Gasteiger partial charge is 0.378 e. The first kappa shape index (κ1) is 14.4. The molecule has 0 aliphatic carbocycles. The van der Waals surface area contributed by atoms with E-state index in [1.165, 1.54) is 0 Å². The molecule has 0 radical (unpaired) electrons. The van der Waals surface area contributed by atoms with E-state index in [-0.39, 0.29) is 0 Å². The number of pyridine rings is 1. The summed E-state index contributed by atoms with van der Waals surface area (Å²) >= 11 is 9.72. The highest BCUT2D eigenvalue weighted by Crippen LogP contribution is 2.25. The predicted molar refractivity (Wildman–Crippen MR) is 89.7 cm³/mol. The molecule has 0 unspecified atom stereocenters. The van der Waals surface area contributed by atoms with E-state index in [4.69, 9.17) is 11.6 Å². The molecule has 6 heteroatoms. The zero-order valence-electron chi connectivity index (χ0n) is 11.7. The van der Waals surface area contributed by atoms with Crippen molar-refractivity contribution in [3.8, 4) is 0 Å². The van der Waals surface area contributed by atoms with Crippen LogP contribution in [-0.2, 0) is 13.6 Å². The van der Waals surface area contributed by atoms with Gasteiger partial charge in [0.2, 0.25) is 0 Å². The van der Waals surface area contributed by atoms with E-state index >= 15 is 0 Å². The lowest BCUT2D eigenvalue weighted by atomic mass is 10.2. The lowest BCUT2D eigenvalue weighted by molar-refractivity contribution is 0.713. The molecule has 0 saturated carbocycles. The van der Waals surface area contributed by atoms with E-state index in [2.05, 4.69) is 37.4 Å². The monoisotopic (exact) mass is 364 g/mol. The molecule has 2 aromatic heterocycles. The van der Waals surface area contributed by atoms with E-state index in [1.807, 2.05) is 32.2 Å². The summed E-state index contributed by atoms with van der Waals surface area (Å²) in [4.78, 5) is 4.48. The normalized spacial score (nSPS) is 11.0. The van der Waals surface area contributed by atoms with E-state index < -0.39 is 0 Å². The third-order valence-corrected chi connectivity index (χ3v) is 4.31. The molecule has 0 fully saturated rings. The van der Waals surface area contributed by atoms with E-state index in [0.717, 1.165) is 32.5 Å². The maximum Gasteiger partial charge on any atom is 0.0934 e. The predicted octanol–water partition coefficient (Wildman–Crippen LogP) is 4.30. The summed E-state index contributed by atoms with van der Waals surface area (Å²) in [6, 6.07) is 8.11. The van der Waals surface area contributed by atoms with E-state index in [0.29, 0.717) is 11.6 Å². The molecule has 0 amide bonds. The van der Waals surface area contributed by atoms with Crippen LogP contribution in [0, 0.1) is 6.92 Å². The Labute approximate surface area is 136 Å². The molecular weight excluding hydrogens is 352 g/mol. The molecule has 108 valence electrons. The maximum absolute atomic E-state index is 6.27. The second kappa shape index (κ2) is 5.66. The Hall–Kier alpha value is -1.59. The van der Waals surface area contributed by atoms with Gasteiger partial charge in [-0.25, -0.2) is 0 Å². The van der Waals surface area contributed by atoms with E-state index in [9.17, 15) is 0 Å². The molecule has 4 nitrogen and oxygen atoms in total. The number of rotatable bonds is 3. The van der Waals surface area contributed by atoms with Crippen LogP contribution >= 0.6 is 27.5 Å². The molecule has 3 aromatic rings. The molecule has 0 saturated heterocycles. The summed E-state index contributed by atoms with van der Waals surface area (Å²) in [5.74, 6) is 0. The summed E-state index contributed by atoms with van der Waals surface area (Å²) in [5, 5.41) is 9.51. The maximum atomic E-state index is 6.27. The average Bonchev–Trinajstić information content (AvgIpc) is 2.70. The molecule has 0 atom stereocenters. The third kappa shape index (κ3) is 2.76. The highest BCUT2D eigenvalue weighted by atomic mass is 79.9. The number of hydrogen-bond acceptors (Lipinski definition) is 3. The number of anilines is 1. The fourth-order valence-electron chi connectivity index (χ4n) is 2.33. The van der Waals surface area contributed by atoms with Gasteiger partial charge in [0.1, 0.15) is 0 Å². The van der Waals surface area contributed by atoms with Crippen molar-refractivity contribution in [1.29, 1.82) is 0 Å². The number of para-hydroxylation sites is 1. The lowest BCUT2D eigenvalue weighted by Crippen LogP contribution is -2.06. The molecule has 0 aliphatic heterocycles. The molecule has 1 N–H and O–H groups in total. The van der Waals surface area contributed by atoms with Crippen LogP contribution in [0.2, 0.25) is 5.02 Å². The molecule has 21 heavy (non-hydrogen) atoms. The van der Waals surface area contributed by atoms with Gasteiger partial charge in [-0.3, -0.25) is 9.67 Å². The van der Waals surface area contributed by atoms with Gasteiger partial charge in [-0.05, 0) is 35.0 Å². The smallest absolute Gasteiger partial charge is 0.0934 e. The van der Waals surface area contributed by atoms with Crippen LogP contribution in [0.25, 0.3) is 10.9 Å². The van der Waals surface area contributed by atoms with Crippen molar-refractivity contribution < 1.29 is 0 Å². The van der Waals surface area contributed by atoms with Crippen molar-refractivity contribution in [3.05, 3.63) is 51.3 Å². The van der Waals surface area contributed by atoms with Gasteiger partial charge in [-0.15, -0.1) is 0 Å². The first-order valence-electron chi connectivity index (χ1n) is 6.52. The second-order valence-electron chi connectivity index (χ2n) is 4.85. The van der Waals surface area contributed by atoms with Crippen molar-refractivity contribution in [3.63, 3.8) is 0 Å². The SMILES string of the molecule is Cc1nn(C)c(CNc2cccc3cc(Br)cnc23)c1Cl. The Morgan fingerprint density at radius 1 is 1.38 bits per heavy atom. The van der Waals surface area contributed by atoms with Gasteiger partial charge < -0.3 is 5.32 Å². The van der Waals surface area contributed by atoms with Crippen molar-refractivity contribution in [1.82, 2.24) is 14.8 Å². The minimum atomic E-state index is 0.604. The Morgan fingerprint density at radius 2 is 2.19 bits per heavy atom. The van der Waals surface area contributed by atoms with Gasteiger partial charge in [0.15, 0.2) is 0 Å². The minimum absolute atomic E-state index is 0.604. The topological polar surface area (TPSA) is 42.7 Å². The zero-order chi connectivity index (χ0) is 15.0. The fraction of sp³-hybridized carbons (Fsp3) is 0.200. The number of nitrogens with one attached hydrogen (secondary N) is 1. The number of halogens is 2. The Kier molecular flexibility index (Phi) is 3.87. The number of aromatic nitrogens is 3. The number of nitrogens with zero attached hydrogens (tertiary/aromatic N) is 3. The van der Waals surface area contributed by atoms with Crippen molar-refractivity contribution in [2.45, 2.75) is 13.5 Å². The van der Waals surface area contributed by atoms with Gasteiger partial charge in [0.05, 0.1) is 34.2 Å². The zero-order valence-corrected chi connectivity index (χ0v) is 14.0. The number of aryl methyl sites for hydroxylation is 2. The van der Waals surface area contributed by atoms with E-state index in [1.54, 1.807) is 10.9 Å². The number of fused-ring (bicyclic) bond motifs is 1. The highest BCUT2D eigenvalue weighted by molar-refractivity contribution is 9.10. The molecule has 0 aliphatic rings. The van der Waals surface area contributed by atoms with Crippen LogP contribution in [-0.4, -0.2) is 14.8 Å². The second-order valence-corrected chi connectivity index (χ2v) is 6.15. The minimum Gasteiger partial charge on any atom is -0.378 e. The van der Waals surface area contributed by atoms with Crippen molar-refractivity contribution in [2.24, 2.45) is 7.05 Å². The van der Waals surface area contributed by atoms with Gasteiger partial charge in [-0.1, -0.05) is 23.7 Å². The van der Waals surface area contributed by atoms with Gasteiger partial charge in [0, 0.05) is 23.1 Å². The quantitative estimate of drug-likeness (QED) is 0.752. The van der Waals surface area contributed by atoms with Crippen LogP contribution in [0.5, 0.6) is 0 Å². The molecule has 1 aromatic carbocycles. The van der Waals surface area contributed by atoms with Crippen molar-refractivity contribution >= 4 is 44.1 Å². The molecule has 2 heterocycles. The molecule has 0 bridgehead atoms. The average molecular weight is 366 g/mol. The van der Waals surface area contributed by atoms with Crippen LogP contribution < -0.4 is 5.32 Å². The fourth-order valence-corrected chi connectivity index (χ4v) is 2.90. The first-order chi connectivity index (χ1) is 10.1. The van der Waals surface area contributed by atoms with Crippen molar-refractivity contribution in [2.75, 3.05) is 5.32 Å². The van der Waals surface area contributed by atoms with Gasteiger partial charge >= 0.3 is 0 Å². The Morgan fingerprint density at radius 3 is 2.90 bits per heavy atom. The Balaban J connectivity index is 1.92. The molecule has 3 rings (SSSR count). The standard InChI is InChI=1S/C15H14BrClN4/c1-9-14(17)13(21(2)20-9)8-18-12-5-3-4-10-6-11(16)7-19-15(10)12/h3-7,18H,8H2,1-2H3. The van der Waals surface area contributed by atoms with Gasteiger partial charge in [0.25, 0.3) is 0 Å². The molecular formula is C15H14BrClN4. The molecule has 0 spiro atoms. The van der Waals surface area contributed by atoms with Crippen LogP contribution in [0.4, 0.5) is 5.69 Å². The first-order valence-corrected chi connectivity index (χ1v) is 7.69. The van der Waals surface area contributed by atoms with Crippen LogP contribution in [0.1, 0.15) is 11.4 Å². The number of hydrogen-bond donors (Lipinski definition) is 1. The van der Waals surface area contributed by atoms with Gasteiger partial charge in [-0.2, -0.15) is 5.10 Å².